The summed E-state index contributed by atoms with van der Waals surface area (Å²) in [7, 11) is 1.51. The standard InChI is InChI=1S/C25H35N5O5/c1-34-17-22(31)28-9-11-29(12-10-28)24(32)20-15-27(14-19-8-5-13-35-19)16-21-23(20)26-30(25(21)33)18-6-3-2-4-7-18/h2-4,6-7,19-21,23,26H,5,8-17H2,1H3. The highest BCUT2D eigenvalue weighted by atomic mass is 16.5. The number of hydrogen-bond acceptors (Lipinski definition) is 7. The topological polar surface area (TPSA) is 94.7 Å². The van der Waals surface area contributed by atoms with Gasteiger partial charge in [-0.25, -0.2) is 10.4 Å². The number of hydrogen-bond donors (Lipinski definition) is 1. The van der Waals surface area contributed by atoms with Gasteiger partial charge in [0.2, 0.25) is 17.7 Å². The fourth-order valence-corrected chi connectivity index (χ4v) is 5.79. The van der Waals surface area contributed by atoms with Gasteiger partial charge in [-0.05, 0) is 25.0 Å². The molecule has 1 aromatic carbocycles. The second kappa shape index (κ2) is 10.6. The third-order valence-corrected chi connectivity index (χ3v) is 7.62. The Balaban J connectivity index is 1.32. The van der Waals surface area contributed by atoms with E-state index in [1.807, 2.05) is 35.2 Å². The van der Waals surface area contributed by atoms with Gasteiger partial charge in [0.1, 0.15) is 6.61 Å². The zero-order valence-corrected chi connectivity index (χ0v) is 20.3. The van der Waals surface area contributed by atoms with Crippen LogP contribution in [0, 0.1) is 11.8 Å². The Morgan fingerprint density at radius 1 is 1.09 bits per heavy atom. The second-order valence-electron chi connectivity index (χ2n) is 9.87. The van der Waals surface area contributed by atoms with Gasteiger partial charge in [-0.15, -0.1) is 0 Å². The third kappa shape index (κ3) is 5.06. The molecule has 0 saturated carbocycles. The molecule has 10 heteroatoms. The van der Waals surface area contributed by atoms with Gasteiger partial charge >= 0.3 is 0 Å². The van der Waals surface area contributed by atoms with E-state index in [-0.39, 0.29) is 48.3 Å². The van der Waals surface area contributed by atoms with Gasteiger partial charge in [-0.2, -0.15) is 0 Å². The van der Waals surface area contributed by atoms with Crippen molar-refractivity contribution in [2.75, 3.05) is 71.1 Å². The van der Waals surface area contributed by atoms with Gasteiger partial charge in [-0.3, -0.25) is 19.3 Å². The summed E-state index contributed by atoms with van der Waals surface area (Å²) in [6, 6.07) is 9.28. The van der Waals surface area contributed by atoms with Crippen molar-refractivity contribution in [3.8, 4) is 0 Å². The van der Waals surface area contributed by atoms with Gasteiger partial charge in [0.05, 0.1) is 29.7 Å². The molecule has 4 aliphatic heterocycles. The number of hydrazine groups is 1. The number of methoxy groups -OCH3 is 1. The summed E-state index contributed by atoms with van der Waals surface area (Å²) >= 11 is 0. The number of ether oxygens (including phenoxy) is 2. The lowest BCUT2D eigenvalue weighted by atomic mass is 9.83. The van der Waals surface area contributed by atoms with Crippen LogP contribution >= 0.6 is 0 Å². The van der Waals surface area contributed by atoms with Crippen LogP contribution in [0.1, 0.15) is 12.8 Å². The Kier molecular flexibility index (Phi) is 7.33. The average Bonchev–Trinajstić information content (AvgIpc) is 3.52. The van der Waals surface area contributed by atoms with Crippen LogP contribution in [0.3, 0.4) is 0 Å². The third-order valence-electron chi connectivity index (χ3n) is 7.62. The quantitative estimate of drug-likeness (QED) is 0.604. The maximum absolute atomic E-state index is 13.8. The van der Waals surface area contributed by atoms with Crippen molar-refractivity contribution in [3.63, 3.8) is 0 Å². The van der Waals surface area contributed by atoms with E-state index in [0.717, 1.165) is 31.7 Å². The zero-order valence-electron chi connectivity index (χ0n) is 20.3. The van der Waals surface area contributed by atoms with E-state index in [4.69, 9.17) is 9.47 Å². The highest BCUT2D eigenvalue weighted by Gasteiger charge is 2.52. The van der Waals surface area contributed by atoms with E-state index in [0.29, 0.717) is 39.3 Å². The molecule has 5 rings (SSSR count). The molecule has 4 atom stereocenters. The minimum Gasteiger partial charge on any atom is -0.377 e. The molecule has 4 saturated heterocycles. The van der Waals surface area contributed by atoms with Crippen LogP contribution in [0.2, 0.25) is 0 Å². The van der Waals surface area contributed by atoms with Crippen LogP contribution in [0.5, 0.6) is 0 Å². The number of nitrogens with zero attached hydrogens (tertiary/aromatic N) is 4. The normalized spacial score (nSPS) is 29.5. The van der Waals surface area contributed by atoms with Crippen molar-refractivity contribution >= 4 is 23.4 Å². The van der Waals surface area contributed by atoms with E-state index in [1.54, 1.807) is 9.91 Å². The molecule has 0 aromatic heterocycles. The molecule has 1 aromatic rings. The van der Waals surface area contributed by atoms with Gasteiger partial charge in [0.25, 0.3) is 0 Å². The molecular weight excluding hydrogens is 450 g/mol. The molecular formula is C25H35N5O5. The molecule has 4 fully saturated rings. The SMILES string of the molecule is COCC(=O)N1CCN(C(=O)C2CN(CC3CCCO3)CC3C(=O)N(c4ccccc4)NC23)CC1. The number of amides is 3. The van der Waals surface area contributed by atoms with Crippen LogP contribution in [-0.2, 0) is 23.9 Å². The summed E-state index contributed by atoms with van der Waals surface area (Å²) in [6.07, 6.45) is 2.23. The lowest BCUT2D eigenvalue weighted by Crippen LogP contribution is -2.60. The van der Waals surface area contributed by atoms with Crippen LogP contribution in [0.4, 0.5) is 5.69 Å². The highest BCUT2D eigenvalue weighted by molar-refractivity contribution is 5.98. The molecule has 4 aliphatic rings. The molecule has 0 radical (unpaired) electrons. The minimum absolute atomic E-state index is 0.00558. The number of anilines is 1. The first kappa shape index (κ1) is 24.2. The second-order valence-corrected chi connectivity index (χ2v) is 9.87. The largest absolute Gasteiger partial charge is 0.377 e. The maximum atomic E-state index is 13.8. The monoisotopic (exact) mass is 485 g/mol. The summed E-state index contributed by atoms with van der Waals surface area (Å²) in [4.78, 5) is 45.3. The summed E-state index contributed by atoms with van der Waals surface area (Å²) in [5.41, 5.74) is 4.17. The molecule has 4 heterocycles. The summed E-state index contributed by atoms with van der Waals surface area (Å²) in [5.74, 6) is -0.656. The Hall–Kier alpha value is -2.53. The summed E-state index contributed by atoms with van der Waals surface area (Å²) < 4.78 is 10.8. The number of carbonyl (C=O) groups excluding carboxylic acids is 3. The van der Waals surface area contributed by atoms with Crippen molar-refractivity contribution in [1.82, 2.24) is 20.1 Å². The Bertz CT molecular complexity index is 916. The van der Waals surface area contributed by atoms with Gasteiger partial charge < -0.3 is 19.3 Å². The fourth-order valence-electron chi connectivity index (χ4n) is 5.79. The van der Waals surface area contributed by atoms with Crippen molar-refractivity contribution in [2.24, 2.45) is 11.8 Å². The zero-order chi connectivity index (χ0) is 24.4. The number of benzene rings is 1. The highest BCUT2D eigenvalue weighted by Crippen LogP contribution is 2.33. The molecule has 190 valence electrons. The predicted octanol–water partition coefficient (Wildman–Crippen LogP) is -0.0494. The first-order valence-electron chi connectivity index (χ1n) is 12.6. The van der Waals surface area contributed by atoms with Gasteiger partial charge in [-0.1, -0.05) is 18.2 Å². The number of nitrogens with one attached hydrogen (secondary N) is 1. The number of piperazine rings is 1. The molecule has 0 bridgehead atoms. The van der Waals surface area contributed by atoms with Crippen LogP contribution in [0.25, 0.3) is 0 Å². The van der Waals surface area contributed by atoms with Crippen LogP contribution in [-0.4, -0.2) is 111 Å². The predicted molar refractivity (Wildman–Crippen MR) is 128 cm³/mol. The van der Waals surface area contributed by atoms with E-state index in [9.17, 15) is 14.4 Å². The molecule has 35 heavy (non-hydrogen) atoms. The average molecular weight is 486 g/mol. The number of para-hydroxylation sites is 1. The number of likely N-dealkylation sites (tertiary alicyclic amines) is 1. The minimum atomic E-state index is -0.353. The van der Waals surface area contributed by atoms with Crippen LogP contribution < -0.4 is 10.4 Å². The Labute approximate surface area is 206 Å². The maximum Gasteiger partial charge on any atom is 0.248 e. The molecule has 3 amide bonds. The number of carbonyl (C=O) groups is 3. The van der Waals surface area contributed by atoms with E-state index >= 15 is 0 Å². The van der Waals surface area contributed by atoms with E-state index < -0.39 is 0 Å². The summed E-state index contributed by atoms with van der Waals surface area (Å²) in [5, 5.41) is 1.62. The van der Waals surface area contributed by atoms with Crippen molar-refractivity contribution in [1.29, 1.82) is 0 Å². The Morgan fingerprint density at radius 3 is 2.51 bits per heavy atom. The van der Waals surface area contributed by atoms with Crippen molar-refractivity contribution < 1.29 is 23.9 Å². The number of piperidine rings is 1. The van der Waals surface area contributed by atoms with E-state index in [2.05, 4.69) is 10.3 Å². The first-order valence-corrected chi connectivity index (χ1v) is 12.6. The van der Waals surface area contributed by atoms with Crippen LogP contribution in [0.15, 0.2) is 30.3 Å². The number of rotatable bonds is 6. The first-order chi connectivity index (χ1) is 17.0. The van der Waals surface area contributed by atoms with Gasteiger partial charge in [0.15, 0.2) is 0 Å². The molecule has 0 spiro atoms. The lowest BCUT2D eigenvalue weighted by molar-refractivity contribution is -0.146. The molecule has 1 N–H and O–H groups in total. The van der Waals surface area contributed by atoms with Crippen molar-refractivity contribution in [3.05, 3.63) is 30.3 Å². The van der Waals surface area contributed by atoms with Gasteiger partial charge in [0, 0.05) is 59.5 Å². The van der Waals surface area contributed by atoms with Crippen molar-refractivity contribution in [2.45, 2.75) is 25.0 Å². The van der Waals surface area contributed by atoms with E-state index in [1.165, 1.54) is 7.11 Å². The smallest absolute Gasteiger partial charge is 0.248 e. The number of fused-ring (bicyclic) bond motifs is 1. The molecule has 0 aliphatic carbocycles. The molecule has 10 nitrogen and oxygen atoms in total. The molecule has 4 unspecified atom stereocenters. The summed E-state index contributed by atoms with van der Waals surface area (Å²) in [6.45, 7) is 4.75. The Morgan fingerprint density at radius 2 is 1.83 bits per heavy atom. The fraction of sp³-hybridized carbons (Fsp3) is 0.640. The lowest BCUT2D eigenvalue weighted by Gasteiger charge is -2.42.